The minimum Gasteiger partial charge on any atom is -0.354 e. The lowest BCUT2D eigenvalue weighted by molar-refractivity contribution is 0.0684. The summed E-state index contributed by atoms with van der Waals surface area (Å²) < 4.78 is 0. The highest BCUT2D eigenvalue weighted by Crippen LogP contribution is 2.18. The topological polar surface area (TPSA) is 45.2 Å². The zero-order chi connectivity index (χ0) is 19.2. The highest BCUT2D eigenvalue weighted by Gasteiger charge is 2.20. The number of hydrogen-bond acceptors (Lipinski definition) is 3. The third kappa shape index (κ3) is 4.94. The molecule has 1 N–H and O–H groups in total. The van der Waals surface area contributed by atoms with Crippen LogP contribution < -0.4 is 5.32 Å². The van der Waals surface area contributed by atoms with E-state index in [1.807, 2.05) is 67.3 Å². The number of nitrogens with zero attached hydrogens (tertiary/aromatic N) is 2. The van der Waals surface area contributed by atoms with Gasteiger partial charge in [-0.25, -0.2) is 4.98 Å². The fraction of sp³-hybridized carbons (Fsp3) is 0.217. The Kier molecular flexibility index (Phi) is 5.87. The molecule has 0 spiro atoms. The molecule has 0 saturated heterocycles. The molecule has 0 aliphatic heterocycles. The van der Waals surface area contributed by atoms with E-state index in [-0.39, 0.29) is 11.9 Å². The molecule has 0 aliphatic carbocycles. The smallest absolute Gasteiger partial charge is 0.272 e. The van der Waals surface area contributed by atoms with E-state index in [4.69, 9.17) is 0 Å². The maximum absolute atomic E-state index is 12.9. The molecular weight excluding hydrogens is 334 g/mol. The fourth-order valence-electron chi connectivity index (χ4n) is 2.81. The third-order valence-electron chi connectivity index (χ3n) is 4.40. The Balaban J connectivity index is 1.72. The first-order chi connectivity index (χ1) is 13.0. The Hall–Kier alpha value is -3.14. The molecule has 0 unspecified atom stereocenters. The van der Waals surface area contributed by atoms with Gasteiger partial charge in [-0.2, -0.15) is 0 Å². The number of aryl methyl sites for hydroxylation is 1. The summed E-state index contributed by atoms with van der Waals surface area (Å²) in [5, 5.41) is 3.30. The van der Waals surface area contributed by atoms with Crippen LogP contribution in [0.5, 0.6) is 0 Å². The number of nitrogens with one attached hydrogen (secondary N) is 1. The van der Waals surface area contributed by atoms with Crippen LogP contribution in [0.15, 0.2) is 72.9 Å². The third-order valence-corrected chi connectivity index (χ3v) is 4.40. The first-order valence-corrected chi connectivity index (χ1v) is 9.17. The lowest BCUT2D eigenvalue weighted by atomic mass is 10.1. The van der Waals surface area contributed by atoms with Crippen molar-refractivity contribution in [2.45, 2.75) is 33.4 Å². The Labute approximate surface area is 160 Å². The van der Waals surface area contributed by atoms with Crippen molar-refractivity contribution in [3.05, 3.63) is 89.7 Å². The Morgan fingerprint density at radius 2 is 1.63 bits per heavy atom. The molecule has 1 aromatic heterocycles. The van der Waals surface area contributed by atoms with Crippen LogP contribution in [0.3, 0.4) is 0 Å². The van der Waals surface area contributed by atoms with E-state index in [2.05, 4.69) is 29.4 Å². The van der Waals surface area contributed by atoms with Crippen molar-refractivity contribution >= 4 is 17.3 Å². The van der Waals surface area contributed by atoms with Crippen molar-refractivity contribution in [2.75, 3.05) is 5.32 Å². The molecule has 138 valence electrons. The number of carbonyl (C=O) groups is 1. The van der Waals surface area contributed by atoms with E-state index < -0.39 is 0 Å². The summed E-state index contributed by atoms with van der Waals surface area (Å²) >= 11 is 0. The fourth-order valence-corrected chi connectivity index (χ4v) is 2.81. The van der Waals surface area contributed by atoms with Gasteiger partial charge in [0, 0.05) is 18.3 Å². The molecule has 0 fully saturated rings. The molecule has 0 radical (unpaired) electrons. The zero-order valence-electron chi connectivity index (χ0n) is 16.0. The standard InChI is InChI=1S/C23H25N3O/c1-17(2)26(16-19-7-5-4-6-8-19)23(27)22-14-13-21(15-24-22)25-20-11-9-18(3)10-12-20/h4-15,17,25H,16H2,1-3H3. The molecule has 0 aliphatic rings. The van der Waals surface area contributed by atoms with Gasteiger partial charge >= 0.3 is 0 Å². The summed E-state index contributed by atoms with van der Waals surface area (Å²) in [6, 6.07) is 21.9. The van der Waals surface area contributed by atoms with E-state index in [0.29, 0.717) is 12.2 Å². The monoisotopic (exact) mass is 359 g/mol. The summed E-state index contributed by atoms with van der Waals surface area (Å²) in [5.74, 6) is -0.0595. The molecule has 0 atom stereocenters. The number of hydrogen-bond donors (Lipinski definition) is 1. The highest BCUT2D eigenvalue weighted by atomic mass is 16.2. The normalized spacial score (nSPS) is 10.7. The molecule has 2 aromatic carbocycles. The van der Waals surface area contributed by atoms with Crippen molar-refractivity contribution in [1.29, 1.82) is 0 Å². The highest BCUT2D eigenvalue weighted by molar-refractivity contribution is 5.92. The predicted octanol–water partition coefficient (Wildman–Crippen LogP) is 5.18. The van der Waals surface area contributed by atoms with Crippen LogP contribution in [0.4, 0.5) is 11.4 Å². The molecular formula is C23H25N3O. The second-order valence-corrected chi connectivity index (χ2v) is 6.94. The SMILES string of the molecule is Cc1ccc(Nc2ccc(C(=O)N(Cc3ccccc3)C(C)C)nc2)cc1. The van der Waals surface area contributed by atoms with Crippen LogP contribution in [0, 0.1) is 6.92 Å². The van der Waals surface area contributed by atoms with Crippen molar-refractivity contribution < 1.29 is 4.79 Å². The van der Waals surface area contributed by atoms with Gasteiger partial charge in [0.2, 0.25) is 0 Å². The lowest BCUT2D eigenvalue weighted by Crippen LogP contribution is -2.36. The van der Waals surface area contributed by atoms with Gasteiger partial charge in [-0.05, 0) is 50.6 Å². The van der Waals surface area contributed by atoms with Gasteiger partial charge in [0.1, 0.15) is 5.69 Å². The Bertz CT molecular complexity index is 872. The van der Waals surface area contributed by atoms with Crippen LogP contribution in [-0.4, -0.2) is 21.8 Å². The predicted molar refractivity (Wildman–Crippen MR) is 110 cm³/mol. The van der Waals surface area contributed by atoms with Crippen molar-refractivity contribution in [2.24, 2.45) is 0 Å². The summed E-state index contributed by atoms with van der Waals surface area (Å²) in [5.41, 5.74) is 4.63. The van der Waals surface area contributed by atoms with Crippen LogP contribution >= 0.6 is 0 Å². The van der Waals surface area contributed by atoms with Gasteiger partial charge < -0.3 is 10.2 Å². The molecule has 1 amide bonds. The van der Waals surface area contributed by atoms with Crippen molar-refractivity contribution in [1.82, 2.24) is 9.88 Å². The molecule has 3 aromatic rings. The molecule has 4 heteroatoms. The molecule has 27 heavy (non-hydrogen) atoms. The zero-order valence-corrected chi connectivity index (χ0v) is 16.0. The number of carbonyl (C=O) groups excluding carboxylic acids is 1. The summed E-state index contributed by atoms with van der Waals surface area (Å²) in [7, 11) is 0. The lowest BCUT2D eigenvalue weighted by Gasteiger charge is -2.26. The van der Waals surface area contributed by atoms with Gasteiger partial charge in [0.15, 0.2) is 0 Å². The quantitative estimate of drug-likeness (QED) is 0.659. The average Bonchev–Trinajstić information content (AvgIpc) is 2.68. The summed E-state index contributed by atoms with van der Waals surface area (Å²) in [6.07, 6.45) is 1.70. The number of benzene rings is 2. The number of pyridine rings is 1. The van der Waals surface area contributed by atoms with Gasteiger partial charge in [-0.15, -0.1) is 0 Å². The summed E-state index contributed by atoms with van der Waals surface area (Å²) in [4.78, 5) is 19.2. The van der Waals surface area contributed by atoms with Crippen LogP contribution in [0.2, 0.25) is 0 Å². The number of anilines is 2. The molecule has 4 nitrogen and oxygen atoms in total. The van der Waals surface area contributed by atoms with Gasteiger partial charge in [0.05, 0.1) is 11.9 Å². The first-order valence-electron chi connectivity index (χ1n) is 9.17. The van der Waals surface area contributed by atoms with Gasteiger partial charge in [0.25, 0.3) is 5.91 Å². The van der Waals surface area contributed by atoms with Crippen molar-refractivity contribution in [3.8, 4) is 0 Å². The largest absolute Gasteiger partial charge is 0.354 e. The average molecular weight is 359 g/mol. The van der Waals surface area contributed by atoms with Crippen LogP contribution in [-0.2, 0) is 6.54 Å². The van der Waals surface area contributed by atoms with Gasteiger partial charge in [-0.1, -0.05) is 48.0 Å². The Morgan fingerprint density at radius 3 is 2.22 bits per heavy atom. The van der Waals surface area contributed by atoms with E-state index in [1.54, 1.807) is 12.3 Å². The molecule has 0 saturated carbocycles. The van der Waals surface area contributed by atoms with E-state index in [0.717, 1.165) is 16.9 Å². The molecule has 3 rings (SSSR count). The van der Waals surface area contributed by atoms with E-state index in [1.165, 1.54) is 5.56 Å². The van der Waals surface area contributed by atoms with E-state index in [9.17, 15) is 4.79 Å². The number of rotatable bonds is 6. The maximum atomic E-state index is 12.9. The van der Waals surface area contributed by atoms with Crippen molar-refractivity contribution in [3.63, 3.8) is 0 Å². The van der Waals surface area contributed by atoms with Gasteiger partial charge in [-0.3, -0.25) is 4.79 Å². The summed E-state index contributed by atoms with van der Waals surface area (Å²) in [6.45, 7) is 6.67. The van der Waals surface area contributed by atoms with Crippen LogP contribution in [0.25, 0.3) is 0 Å². The minimum absolute atomic E-state index is 0.0595. The number of amides is 1. The van der Waals surface area contributed by atoms with E-state index >= 15 is 0 Å². The second kappa shape index (κ2) is 8.49. The second-order valence-electron chi connectivity index (χ2n) is 6.94. The van der Waals surface area contributed by atoms with Crippen LogP contribution in [0.1, 0.15) is 35.5 Å². The Morgan fingerprint density at radius 1 is 0.963 bits per heavy atom. The minimum atomic E-state index is -0.0595. The molecule has 0 bridgehead atoms. The molecule has 1 heterocycles. The number of aromatic nitrogens is 1. The maximum Gasteiger partial charge on any atom is 0.272 e. The first kappa shape index (κ1) is 18.6.